The number of nitrogens with one attached hydrogen (secondary N) is 1. The van der Waals surface area contributed by atoms with Crippen LogP contribution in [0.2, 0.25) is 0 Å². The van der Waals surface area contributed by atoms with Gasteiger partial charge in [0, 0.05) is 28.5 Å². The van der Waals surface area contributed by atoms with Gasteiger partial charge in [-0.05, 0) is 29.6 Å². The Kier molecular flexibility index (Phi) is 8.01. The lowest BCUT2D eigenvalue weighted by Crippen LogP contribution is -2.74. The van der Waals surface area contributed by atoms with Gasteiger partial charge in [-0.1, -0.05) is 59.7 Å². The molecule has 1 saturated carbocycles. The first-order valence-electron chi connectivity index (χ1n) is 11.0. The molecular formula is C25H29B3N2O3. The van der Waals surface area contributed by atoms with Crippen LogP contribution in [0.4, 0.5) is 0 Å². The molecule has 33 heavy (non-hydrogen) atoms. The Bertz CT molecular complexity index is 996. The van der Waals surface area contributed by atoms with Gasteiger partial charge in [-0.3, -0.25) is 4.79 Å². The van der Waals surface area contributed by atoms with Crippen molar-refractivity contribution >= 4 is 29.4 Å². The van der Waals surface area contributed by atoms with Crippen molar-refractivity contribution < 1.29 is 14.3 Å². The van der Waals surface area contributed by atoms with Crippen molar-refractivity contribution in [2.45, 2.75) is 59.0 Å². The number of carbonyl (C=O) groups is 1. The standard InChI is InChI=1S/C23H23B3N2O3.C2H6/c1-21(2)19(28-18(29)14-8-6-5-7-9-14)22(3,4)20(21)30-16-11-10-15(13-27)17(12-16)31-23(24,25)26;1-2/h5-12,19-20H,1-4H3,(H,28,29);1-2H3. The topological polar surface area (TPSA) is 71.3 Å². The lowest BCUT2D eigenvalue weighted by molar-refractivity contribution is -0.164. The van der Waals surface area contributed by atoms with E-state index in [1.165, 1.54) is 0 Å². The summed E-state index contributed by atoms with van der Waals surface area (Å²) in [5.41, 5.74) is 0.129. The molecule has 0 bridgehead atoms. The fourth-order valence-electron chi connectivity index (χ4n) is 4.68. The first-order valence-corrected chi connectivity index (χ1v) is 11.0. The third kappa shape index (κ3) is 5.77. The molecule has 0 atom stereocenters. The van der Waals surface area contributed by atoms with Gasteiger partial charge in [0.25, 0.3) is 5.91 Å². The van der Waals surface area contributed by atoms with Gasteiger partial charge in [-0.25, -0.2) is 0 Å². The van der Waals surface area contributed by atoms with Gasteiger partial charge < -0.3 is 14.8 Å². The lowest BCUT2D eigenvalue weighted by Gasteiger charge is -2.63. The van der Waals surface area contributed by atoms with E-state index in [1.54, 1.807) is 30.3 Å². The van der Waals surface area contributed by atoms with Crippen LogP contribution in [0.5, 0.6) is 11.5 Å². The highest BCUT2D eigenvalue weighted by atomic mass is 16.5. The van der Waals surface area contributed by atoms with Gasteiger partial charge >= 0.3 is 0 Å². The number of nitriles is 1. The van der Waals surface area contributed by atoms with E-state index < -0.39 is 5.30 Å². The molecule has 2 aromatic carbocycles. The van der Waals surface area contributed by atoms with E-state index in [0.29, 0.717) is 11.3 Å². The summed E-state index contributed by atoms with van der Waals surface area (Å²) >= 11 is 0. The van der Waals surface area contributed by atoms with Crippen LogP contribution >= 0.6 is 0 Å². The second-order valence-corrected chi connectivity index (χ2v) is 9.14. The van der Waals surface area contributed by atoms with Gasteiger partial charge in [-0.15, -0.1) is 0 Å². The second-order valence-electron chi connectivity index (χ2n) is 9.14. The number of amides is 1. The Morgan fingerprint density at radius 2 is 1.61 bits per heavy atom. The minimum atomic E-state index is -1.92. The molecule has 166 valence electrons. The van der Waals surface area contributed by atoms with Crippen molar-refractivity contribution in [2.75, 3.05) is 0 Å². The average Bonchev–Trinajstić information content (AvgIpc) is 2.76. The number of rotatable bonds is 6. The maximum absolute atomic E-state index is 12.7. The van der Waals surface area contributed by atoms with E-state index >= 15 is 0 Å². The summed E-state index contributed by atoms with van der Waals surface area (Å²) in [4.78, 5) is 12.7. The highest BCUT2D eigenvalue weighted by molar-refractivity contribution is 6.58. The van der Waals surface area contributed by atoms with E-state index in [1.807, 2.05) is 65.8 Å². The Morgan fingerprint density at radius 3 is 2.12 bits per heavy atom. The molecule has 2 aromatic rings. The fourth-order valence-corrected chi connectivity index (χ4v) is 4.68. The SMILES string of the molecule is CC.[B]C([B])([B])Oc1cc(OC2C(C)(C)C(NC(=O)c3ccccc3)C2(C)C)ccc1C#N. The predicted molar refractivity (Wildman–Crippen MR) is 133 cm³/mol. The molecule has 0 heterocycles. The Labute approximate surface area is 201 Å². The van der Waals surface area contributed by atoms with Crippen LogP contribution in [0, 0.1) is 22.2 Å². The molecule has 8 heteroatoms. The molecule has 3 rings (SSSR count). The van der Waals surface area contributed by atoms with E-state index in [9.17, 15) is 10.1 Å². The molecule has 0 unspecified atom stereocenters. The monoisotopic (exact) mass is 438 g/mol. The number of ether oxygens (including phenoxy) is 2. The number of benzene rings is 2. The van der Waals surface area contributed by atoms with Gasteiger partial charge in [0.15, 0.2) is 0 Å². The van der Waals surface area contributed by atoms with Crippen molar-refractivity contribution in [2.24, 2.45) is 10.8 Å². The summed E-state index contributed by atoms with van der Waals surface area (Å²) in [6, 6.07) is 15.8. The fraction of sp³-hybridized carbons (Fsp3) is 0.440. The van der Waals surface area contributed by atoms with Gasteiger partial charge in [0.05, 0.1) is 5.56 Å². The molecule has 1 amide bonds. The van der Waals surface area contributed by atoms with Crippen molar-refractivity contribution in [3.8, 4) is 17.6 Å². The predicted octanol–water partition coefficient (Wildman–Crippen LogP) is 3.69. The summed E-state index contributed by atoms with van der Waals surface area (Å²) in [5.74, 6) is 0.498. The molecule has 6 radical (unpaired) electrons. The lowest BCUT2D eigenvalue weighted by atomic mass is 9.49. The Balaban J connectivity index is 0.00000187. The van der Waals surface area contributed by atoms with Crippen LogP contribution in [0.1, 0.15) is 57.5 Å². The Morgan fingerprint density at radius 1 is 1.03 bits per heavy atom. The highest BCUT2D eigenvalue weighted by Crippen LogP contribution is 2.55. The van der Waals surface area contributed by atoms with Crippen molar-refractivity contribution in [1.29, 1.82) is 5.26 Å². The van der Waals surface area contributed by atoms with Crippen LogP contribution in [0.15, 0.2) is 48.5 Å². The van der Waals surface area contributed by atoms with Crippen LogP contribution in [-0.4, -0.2) is 46.9 Å². The largest absolute Gasteiger partial charge is 0.514 e. The van der Waals surface area contributed by atoms with Crippen LogP contribution < -0.4 is 14.8 Å². The summed E-state index contributed by atoms with van der Waals surface area (Å²) < 4.78 is 11.6. The summed E-state index contributed by atoms with van der Waals surface area (Å²) in [5, 5.41) is 10.5. The summed E-state index contributed by atoms with van der Waals surface area (Å²) in [7, 11) is 16.6. The zero-order chi connectivity index (χ0) is 25.0. The smallest absolute Gasteiger partial charge is 0.251 e. The van der Waals surface area contributed by atoms with Crippen LogP contribution in [-0.2, 0) is 0 Å². The molecular weight excluding hydrogens is 409 g/mol. The molecule has 0 aliphatic heterocycles. The van der Waals surface area contributed by atoms with Gasteiger partial charge in [0.2, 0.25) is 0 Å². The molecule has 5 nitrogen and oxygen atoms in total. The quantitative estimate of drug-likeness (QED) is 0.699. The highest BCUT2D eigenvalue weighted by Gasteiger charge is 2.64. The maximum atomic E-state index is 12.7. The Hall–Kier alpha value is -2.81. The molecule has 1 aliphatic carbocycles. The molecule has 1 fully saturated rings. The van der Waals surface area contributed by atoms with Crippen LogP contribution in [0.25, 0.3) is 0 Å². The molecule has 0 spiro atoms. The normalized spacial score (nSPS) is 20.2. The van der Waals surface area contributed by atoms with E-state index in [4.69, 9.17) is 33.0 Å². The minimum absolute atomic E-state index is 0.114. The zero-order valence-corrected chi connectivity index (χ0v) is 20.2. The van der Waals surface area contributed by atoms with Crippen LogP contribution in [0.3, 0.4) is 0 Å². The summed E-state index contributed by atoms with van der Waals surface area (Å²) in [6.45, 7) is 12.2. The van der Waals surface area contributed by atoms with Crippen molar-refractivity contribution in [1.82, 2.24) is 5.32 Å². The van der Waals surface area contributed by atoms with Gasteiger partial charge in [-0.2, -0.15) is 5.26 Å². The third-order valence-corrected chi connectivity index (χ3v) is 5.77. The molecule has 0 aromatic heterocycles. The summed E-state index contributed by atoms with van der Waals surface area (Å²) in [6.07, 6.45) is -0.222. The van der Waals surface area contributed by atoms with E-state index in [0.717, 1.165) is 0 Å². The molecule has 0 saturated heterocycles. The minimum Gasteiger partial charge on any atom is -0.514 e. The third-order valence-electron chi connectivity index (χ3n) is 5.77. The first-order chi connectivity index (χ1) is 15.4. The zero-order valence-electron chi connectivity index (χ0n) is 20.2. The second kappa shape index (κ2) is 9.99. The number of hydrogen-bond acceptors (Lipinski definition) is 4. The van der Waals surface area contributed by atoms with Crippen molar-refractivity contribution in [3.05, 3.63) is 59.7 Å². The maximum Gasteiger partial charge on any atom is 0.251 e. The van der Waals surface area contributed by atoms with Crippen molar-refractivity contribution in [3.63, 3.8) is 0 Å². The number of carbonyl (C=O) groups excluding carboxylic acids is 1. The number of nitrogens with zero attached hydrogens (tertiary/aromatic N) is 1. The van der Waals surface area contributed by atoms with E-state index in [-0.39, 0.29) is 40.2 Å². The molecule has 1 aliphatic rings. The number of hydrogen-bond donors (Lipinski definition) is 1. The molecule has 1 N–H and O–H groups in total. The first kappa shape index (κ1) is 26.4. The average molecular weight is 438 g/mol. The van der Waals surface area contributed by atoms with E-state index in [2.05, 4.69) is 5.32 Å². The van der Waals surface area contributed by atoms with Gasteiger partial charge in [0.1, 0.15) is 47.2 Å².